The van der Waals surface area contributed by atoms with Crippen LogP contribution in [0.3, 0.4) is 0 Å². The Morgan fingerprint density at radius 2 is 1.81 bits per heavy atom. The lowest BCUT2D eigenvalue weighted by Crippen LogP contribution is -2.10. The highest BCUT2D eigenvalue weighted by atomic mass is 16.6. The highest BCUT2D eigenvalue weighted by Gasteiger charge is 2.11. The fraction of sp³-hybridized carbons (Fsp3) is 0.118. The molecule has 26 heavy (non-hydrogen) atoms. The summed E-state index contributed by atoms with van der Waals surface area (Å²) in [5, 5.41) is 22.4. The Balaban J connectivity index is 1.67. The summed E-state index contributed by atoms with van der Waals surface area (Å²) in [6, 6.07) is 13.7. The van der Waals surface area contributed by atoms with Crippen LogP contribution in [0.4, 0.5) is 5.69 Å². The molecular weight excluding hydrogens is 338 g/mol. The largest absolute Gasteiger partial charge is 0.490 e. The Bertz CT molecular complexity index is 881. The lowest BCUT2D eigenvalue weighted by atomic mass is 10.2. The Kier molecular flexibility index (Phi) is 5.51. The van der Waals surface area contributed by atoms with Crippen LogP contribution in [0.15, 0.2) is 66.3 Å². The van der Waals surface area contributed by atoms with E-state index in [-0.39, 0.29) is 12.3 Å². The highest BCUT2D eigenvalue weighted by Crippen LogP contribution is 2.23. The molecule has 0 atom stereocenters. The van der Waals surface area contributed by atoms with Gasteiger partial charge in [0, 0.05) is 17.7 Å². The second kappa shape index (κ2) is 8.38. The summed E-state index contributed by atoms with van der Waals surface area (Å²) in [7, 11) is 0. The van der Waals surface area contributed by atoms with Gasteiger partial charge in [0.15, 0.2) is 0 Å². The van der Waals surface area contributed by atoms with E-state index in [2.05, 4.69) is 15.3 Å². The van der Waals surface area contributed by atoms with Crippen LogP contribution in [0.2, 0.25) is 0 Å². The van der Waals surface area contributed by atoms with Gasteiger partial charge < -0.3 is 9.47 Å². The van der Waals surface area contributed by atoms with E-state index in [1.54, 1.807) is 0 Å². The van der Waals surface area contributed by atoms with E-state index in [1.807, 2.05) is 30.3 Å². The first-order valence-corrected chi connectivity index (χ1v) is 7.70. The zero-order valence-corrected chi connectivity index (χ0v) is 13.6. The SMILES string of the molecule is O=[N+]([O-])c1ccc(OCCOc2ccccc2)c(/C=N/n2cnnc2)c1. The fourth-order valence-corrected chi connectivity index (χ4v) is 2.09. The lowest BCUT2D eigenvalue weighted by Gasteiger charge is -2.10. The molecule has 0 spiro atoms. The number of nitro benzene ring substituents is 1. The van der Waals surface area contributed by atoms with Gasteiger partial charge in [-0.25, -0.2) is 4.68 Å². The quantitative estimate of drug-likeness (QED) is 0.267. The number of rotatable bonds is 8. The molecular formula is C17H15N5O4. The van der Waals surface area contributed by atoms with E-state index in [1.165, 1.54) is 41.7 Å². The number of non-ortho nitro benzene ring substituents is 1. The van der Waals surface area contributed by atoms with E-state index in [4.69, 9.17) is 9.47 Å². The number of nitrogens with zero attached hydrogens (tertiary/aromatic N) is 5. The van der Waals surface area contributed by atoms with Gasteiger partial charge in [-0.2, -0.15) is 5.10 Å². The Morgan fingerprint density at radius 3 is 2.54 bits per heavy atom. The summed E-state index contributed by atoms with van der Waals surface area (Å²) in [4.78, 5) is 10.5. The van der Waals surface area contributed by atoms with Crippen LogP contribution in [0.5, 0.6) is 11.5 Å². The average Bonchev–Trinajstić information content (AvgIpc) is 3.18. The molecule has 3 rings (SSSR count). The van der Waals surface area contributed by atoms with Gasteiger partial charge in [-0.15, -0.1) is 10.2 Å². The first-order chi connectivity index (χ1) is 12.7. The van der Waals surface area contributed by atoms with E-state index >= 15 is 0 Å². The number of benzene rings is 2. The van der Waals surface area contributed by atoms with Crippen molar-refractivity contribution < 1.29 is 14.4 Å². The summed E-state index contributed by atoms with van der Waals surface area (Å²) < 4.78 is 12.6. The summed E-state index contributed by atoms with van der Waals surface area (Å²) in [5.41, 5.74) is 0.413. The van der Waals surface area contributed by atoms with Crippen LogP contribution in [-0.4, -0.2) is 39.2 Å². The molecule has 0 amide bonds. The van der Waals surface area contributed by atoms with Gasteiger partial charge in [-0.3, -0.25) is 10.1 Å². The first-order valence-electron chi connectivity index (χ1n) is 7.70. The number of ether oxygens (including phenoxy) is 2. The zero-order valence-electron chi connectivity index (χ0n) is 13.6. The number of aromatic nitrogens is 3. The van der Waals surface area contributed by atoms with Gasteiger partial charge in [0.25, 0.3) is 5.69 Å². The smallest absolute Gasteiger partial charge is 0.270 e. The van der Waals surface area contributed by atoms with Crippen LogP contribution in [0, 0.1) is 10.1 Å². The van der Waals surface area contributed by atoms with Crippen molar-refractivity contribution in [1.29, 1.82) is 0 Å². The van der Waals surface area contributed by atoms with Gasteiger partial charge in [0.05, 0.1) is 11.1 Å². The van der Waals surface area contributed by atoms with Gasteiger partial charge >= 0.3 is 0 Å². The molecule has 0 aliphatic heterocycles. The predicted octanol–water partition coefficient (Wildman–Crippen LogP) is 2.53. The summed E-state index contributed by atoms with van der Waals surface area (Å²) in [6.07, 6.45) is 4.26. The third-order valence-corrected chi connectivity index (χ3v) is 3.29. The Labute approximate surface area is 148 Å². The van der Waals surface area contributed by atoms with Crippen molar-refractivity contribution in [3.05, 3.63) is 76.9 Å². The maximum Gasteiger partial charge on any atom is 0.270 e. The van der Waals surface area contributed by atoms with Crippen molar-refractivity contribution in [3.63, 3.8) is 0 Å². The molecule has 1 heterocycles. The maximum absolute atomic E-state index is 11.0. The minimum atomic E-state index is -0.474. The molecule has 0 bridgehead atoms. The Hall–Kier alpha value is -3.75. The first kappa shape index (κ1) is 17.1. The molecule has 9 heteroatoms. The Morgan fingerprint density at radius 1 is 1.08 bits per heavy atom. The minimum Gasteiger partial charge on any atom is -0.490 e. The second-order valence-electron chi connectivity index (χ2n) is 5.08. The third-order valence-electron chi connectivity index (χ3n) is 3.29. The van der Waals surface area contributed by atoms with E-state index < -0.39 is 4.92 Å². The second-order valence-corrected chi connectivity index (χ2v) is 5.08. The summed E-state index contributed by atoms with van der Waals surface area (Å²) >= 11 is 0. The van der Waals surface area contributed by atoms with Crippen LogP contribution in [0.25, 0.3) is 0 Å². The normalized spacial score (nSPS) is 10.8. The molecule has 0 fully saturated rings. The lowest BCUT2D eigenvalue weighted by molar-refractivity contribution is -0.384. The molecule has 0 aliphatic carbocycles. The van der Waals surface area contributed by atoms with E-state index in [0.29, 0.717) is 17.9 Å². The van der Waals surface area contributed by atoms with Crippen molar-refractivity contribution >= 4 is 11.9 Å². The molecule has 0 radical (unpaired) electrons. The number of nitro groups is 1. The maximum atomic E-state index is 11.0. The van der Waals surface area contributed by atoms with E-state index in [9.17, 15) is 10.1 Å². The molecule has 1 aromatic heterocycles. The van der Waals surface area contributed by atoms with Gasteiger partial charge in [0.2, 0.25) is 0 Å². The molecule has 2 aromatic carbocycles. The van der Waals surface area contributed by atoms with Crippen molar-refractivity contribution in [1.82, 2.24) is 14.9 Å². The number of para-hydroxylation sites is 1. The monoisotopic (exact) mass is 353 g/mol. The van der Waals surface area contributed by atoms with Crippen molar-refractivity contribution in [2.24, 2.45) is 5.10 Å². The third kappa shape index (κ3) is 4.63. The minimum absolute atomic E-state index is 0.0527. The molecule has 0 unspecified atom stereocenters. The van der Waals surface area contributed by atoms with Gasteiger partial charge in [0.1, 0.15) is 37.4 Å². The van der Waals surface area contributed by atoms with Gasteiger partial charge in [-0.05, 0) is 18.2 Å². The van der Waals surface area contributed by atoms with Crippen molar-refractivity contribution in [2.75, 3.05) is 13.2 Å². The van der Waals surface area contributed by atoms with E-state index in [0.717, 1.165) is 5.75 Å². The molecule has 9 nitrogen and oxygen atoms in total. The predicted molar refractivity (Wildman–Crippen MR) is 93.5 cm³/mol. The average molecular weight is 353 g/mol. The van der Waals surface area contributed by atoms with Crippen LogP contribution in [-0.2, 0) is 0 Å². The standard InChI is InChI=1S/C17H15N5O4/c23-22(24)15-6-7-17(14(10-15)11-20-21-12-18-19-13-21)26-9-8-25-16-4-2-1-3-5-16/h1-7,10-13H,8-9H2/b20-11+. The number of hydrogen-bond donors (Lipinski definition) is 0. The fourth-order valence-electron chi connectivity index (χ4n) is 2.09. The molecule has 132 valence electrons. The van der Waals surface area contributed by atoms with Crippen LogP contribution in [0.1, 0.15) is 5.56 Å². The molecule has 0 saturated carbocycles. The van der Waals surface area contributed by atoms with Crippen molar-refractivity contribution in [3.8, 4) is 11.5 Å². The number of hydrogen-bond acceptors (Lipinski definition) is 7. The van der Waals surface area contributed by atoms with Crippen LogP contribution >= 0.6 is 0 Å². The van der Waals surface area contributed by atoms with Crippen molar-refractivity contribution in [2.45, 2.75) is 0 Å². The summed E-state index contributed by atoms with van der Waals surface area (Å²) in [6.45, 7) is 0.614. The molecule has 0 aliphatic rings. The highest BCUT2D eigenvalue weighted by molar-refractivity contribution is 5.84. The summed E-state index contributed by atoms with van der Waals surface area (Å²) in [5.74, 6) is 1.21. The van der Waals surface area contributed by atoms with Crippen LogP contribution < -0.4 is 9.47 Å². The molecule has 0 saturated heterocycles. The molecule has 3 aromatic rings. The topological polar surface area (TPSA) is 105 Å². The van der Waals surface area contributed by atoms with Gasteiger partial charge in [-0.1, -0.05) is 18.2 Å². The molecule has 0 N–H and O–H groups in total. The zero-order chi connectivity index (χ0) is 18.2.